The maximum absolute atomic E-state index is 12.6. The second-order valence-electron chi connectivity index (χ2n) is 8.11. The molecule has 4 amide bonds. The number of amides is 4. The number of nitrogens with one attached hydrogen (secondary N) is 2. The Labute approximate surface area is 173 Å². The molecule has 30 heavy (non-hydrogen) atoms. The molecule has 0 radical (unpaired) electrons. The van der Waals surface area contributed by atoms with Crippen LogP contribution in [-0.4, -0.2) is 47.6 Å². The van der Waals surface area contributed by atoms with Crippen molar-refractivity contribution in [2.45, 2.75) is 26.2 Å². The Morgan fingerprint density at radius 2 is 1.50 bits per heavy atom. The lowest BCUT2D eigenvalue weighted by Crippen LogP contribution is -2.38. The van der Waals surface area contributed by atoms with Crippen LogP contribution in [0.2, 0.25) is 0 Å². The Kier molecular flexibility index (Phi) is 5.27. The van der Waals surface area contributed by atoms with Gasteiger partial charge in [0.25, 0.3) is 5.91 Å². The van der Waals surface area contributed by atoms with Crippen molar-refractivity contribution >= 4 is 41.0 Å². The number of hydrogen-bond donors (Lipinski definition) is 2. The molecule has 1 aromatic rings. The van der Waals surface area contributed by atoms with Gasteiger partial charge in [-0.3, -0.25) is 28.9 Å². The molecule has 2 saturated carbocycles. The lowest BCUT2D eigenvalue weighted by molar-refractivity contribution is -0.154. The van der Waals surface area contributed by atoms with Crippen molar-refractivity contribution in [3.05, 3.63) is 24.3 Å². The summed E-state index contributed by atoms with van der Waals surface area (Å²) < 4.78 is 4.95. The minimum atomic E-state index is -0.792. The van der Waals surface area contributed by atoms with Crippen molar-refractivity contribution in [3.8, 4) is 0 Å². The average molecular weight is 413 g/mol. The molecular weight excluding hydrogens is 390 g/mol. The fourth-order valence-corrected chi connectivity index (χ4v) is 4.98. The molecule has 3 aliphatic rings. The summed E-state index contributed by atoms with van der Waals surface area (Å²) in [5.74, 6) is -2.17. The Bertz CT molecular complexity index is 884. The van der Waals surface area contributed by atoms with Gasteiger partial charge in [-0.1, -0.05) is 0 Å². The fourth-order valence-electron chi connectivity index (χ4n) is 4.98. The number of imide groups is 1. The van der Waals surface area contributed by atoms with Crippen LogP contribution in [0, 0.1) is 23.7 Å². The van der Waals surface area contributed by atoms with Crippen LogP contribution in [0.3, 0.4) is 0 Å². The van der Waals surface area contributed by atoms with Gasteiger partial charge in [0.2, 0.25) is 17.7 Å². The first-order valence-corrected chi connectivity index (χ1v) is 10.0. The van der Waals surface area contributed by atoms with Gasteiger partial charge in [0.15, 0.2) is 6.61 Å². The highest BCUT2D eigenvalue weighted by atomic mass is 16.5. The topological polar surface area (TPSA) is 122 Å². The number of rotatable bonds is 6. The van der Waals surface area contributed by atoms with E-state index >= 15 is 0 Å². The summed E-state index contributed by atoms with van der Waals surface area (Å²) in [5, 5.41) is 5.17. The SMILES string of the molecule is CC(=O)Nc1ccc(NC(=O)COC(=O)CN2C(=O)[C@@H]3[C@@H]4CC[C@@H](C4)[C@@H]3C2=O)cc1. The molecular formula is C21H23N3O6. The molecule has 1 heterocycles. The first-order valence-electron chi connectivity index (χ1n) is 10.0. The van der Waals surface area contributed by atoms with Crippen molar-refractivity contribution in [2.24, 2.45) is 23.7 Å². The Balaban J connectivity index is 1.25. The lowest BCUT2D eigenvalue weighted by Gasteiger charge is -2.19. The molecule has 1 aliphatic heterocycles. The van der Waals surface area contributed by atoms with Crippen LogP contribution in [0.5, 0.6) is 0 Å². The number of ether oxygens (including phenoxy) is 1. The number of likely N-dealkylation sites (tertiary alicyclic amines) is 1. The van der Waals surface area contributed by atoms with E-state index in [1.165, 1.54) is 6.92 Å². The monoisotopic (exact) mass is 413 g/mol. The summed E-state index contributed by atoms with van der Waals surface area (Å²) in [7, 11) is 0. The molecule has 0 spiro atoms. The van der Waals surface area contributed by atoms with E-state index < -0.39 is 25.0 Å². The first kappa shape index (κ1) is 20.1. The van der Waals surface area contributed by atoms with Crippen LogP contribution >= 0.6 is 0 Å². The van der Waals surface area contributed by atoms with E-state index in [4.69, 9.17) is 4.74 Å². The fraction of sp³-hybridized carbons (Fsp3) is 0.476. The third-order valence-corrected chi connectivity index (χ3v) is 6.16. The summed E-state index contributed by atoms with van der Waals surface area (Å²) in [4.78, 5) is 61.3. The summed E-state index contributed by atoms with van der Waals surface area (Å²) >= 11 is 0. The van der Waals surface area contributed by atoms with E-state index in [0.29, 0.717) is 11.4 Å². The zero-order valence-electron chi connectivity index (χ0n) is 16.6. The second kappa shape index (κ2) is 7.89. The Hall–Kier alpha value is -3.23. The normalized spacial score (nSPS) is 26.5. The molecule has 4 atom stereocenters. The number of fused-ring (bicyclic) bond motifs is 5. The summed E-state index contributed by atoms with van der Waals surface area (Å²) in [6.45, 7) is 0.410. The van der Waals surface area contributed by atoms with Gasteiger partial charge in [0, 0.05) is 18.3 Å². The minimum Gasteiger partial charge on any atom is -0.454 e. The molecule has 2 bridgehead atoms. The van der Waals surface area contributed by atoms with Gasteiger partial charge in [-0.05, 0) is 55.4 Å². The molecule has 2 aliphatic carbocycles. The van der Waals surface area contributed by atoms with Gasteiger partial charge in [0.1, 0.15) is 6.54 Å². The number of anilines is 2. The minimum absolute atomic E-state index is 0.204. The van der Waals surface area contributed by atoms with Crippen molar-refractivity contribution in [3.63, 3.8) is 0 Å². The summed E-state index contributed by atoms with van der Waals surface area (Å²) in [5.41, 5.74) is 1.06. The zero-order chi connectivity index (χ0) is 21.4. The largest absolute Gasteiger partial charge is 0.454 e. The molecule has 9 heteroatoms. The number of hydrogen-bond acceptors (Lipinski definition) is 6. The van der Waals surface area contributed by atoms with Crippen LogP contribution in [0.15, 0.2) is 24.3 Å². The van der Waals surface area contributed by atoms with E-state index in [-0.39, 0.29) is 41.4 Å². The quantitative estimate of drug-likeness (QED) is 0.533. The van der Waals surface area contributed by atoms with Gasteiger partial charge < -0.3 is 15.4 Å². The lowest BCUT2D eigenvalue weighted by atomic mass is 9.81. The predicted octanol–water partition coefficient (Wildman–Crippen LogP) is 1.16. The maximum Gasteiger partial charge on any atom is 0.326 e. The van der Waals surface area contributed by atoms with Gasteiger partial charge in [-0.2, -0.15) is 0 Å². The number of esters is 1. The Morgan fingerprint density at radius 1 is 0.967 bits per heavy atom. The predicted molar refractivity (Wildman–Crippen MR) is 105 cm³/mol. The van der Waals surface area contributed by atoms with Crippen molar-refractivity contribution in [1.82, 2.24) is 4.90 Å². The van der Waals surface area contributed by atoms with Crippen LogP contribution in [0.4, 0.5) is 11.4 Å². The van der Waals surface area contributed by atoms with Gasteiger partial charge in [-0.25, -0.2) is 0 Å². The van der Waals surface area contributed by atoms with Crippen molar-refractivity contribution < 1.29 is 28.7 Å². The van der Waals surface area contributed by atoms with Gasteiger partial charge in [0.05, 0.1) is 11.8 Å². The van der Waals surface area contributed by atoms with E-state index in [1.807, 2.05) is 0 Å². The highest BCUT2D eigenvalue weighted by Crippen LogP contribution is 2.56. The van der Waals surface area contributed by atoms with E-state index in [1.54, 1.807) is 24.3 Å². The molecule has 9 nitrogen and oxygen atoms in total. The van der Waals surface area contributed by atoms with Gasteiger partial charge in [-0.15, -0.1) is 0 Å². The zero-order valence-corrected chi connectivity index (χ0v) is 16.6. The molecule has 0 aromatic heterocycles. The summed E-state index contributed by atoms with van der Waals surface area (Å²) in [6.07, 6.45) is 2.86. The smallest absolute Gasteiger partial charge is 0.326 e. The number of benzene rings is 1. The van der Waals surface area contributed by atoms with Crippen molar-refractivity contribution in [2.75, 3.05) is 23.8 Å². The van der Waals surface area contributed by atoms with E-state index in [9.17, 15) is 24.0 Å². The number of carbonyl (C=O) groups is 5. The highest BCUT2D eigenvalue weighted by Gasteiger charge is 2.61. The second-order valence-corrected chi connectivity index (χ2v) is 8.11. The Morgan fingerprint density at radius 3 is 2.03 bits per heavy atom. The molecule has 2 N–H and O–H groups in total. The van der Waals surface area contributed by atoms with E-state index in [0.717, 1.165) is 24.2 Å². The average Bonchev–Trinajstić information content (AvgIpc) is 3.38. The van der Waals surface area contributed by atoms with Crippen molar-refractivity contribution in [1.29, 1.82) is 0 Å². The van der Waals surface area contributed by atoms with Crippen LogP contribution in [0.1, 0.15) is 26.2 Å². The van der Waals surface area contributed by atoms with Crippen LogP contribution < -0.4 is 10.6 Å². The van der Waals surface area contributed by atoms with Gasteiger partial charge >= 0.3 is 5.97 Å². The number of nitrogens with zero attached hydrogens (tertiary/aromatic N) is 1. The number of carbonyl (C=O) groups excluding carboxylic acids is 5. The van der Waals surface area contributed by atoms with Crippen LogP contribution in [-0.2, 0) is 28.7 Å². The van der Waals surface area contributed by atoms with Crippen LogP contribution in [0.25, 0.3) is 0 Å². The standard InChI is InChI=1S/C21H23N3O6/c1-11(25)22-14-4-6-15(7-5-14)23-16(26)10-30-17(27)9-24-20(28)18-12-2-3-13(8-12)19(18)21(24)29/h4-7,12-13,18-19H,2-3,8-10H2,1H3,(H,22,25)(H,23,26)/t12-,13+,18-,19+. The first-order chi connectivity index (χ1) is 14.3. The maximum atomic E-state index is 12.6. The summed E-state index contributed by atoms with van der Waals surface area (Å²) in [6, 6.07) is 6.44. The molecule has 0 unspecified atom stereocenters. The van der Waals surface area contributed by atoms with E-state index in [2.05, 4.69) is 10.6 Å². The molecule has 158 valence electrons. The third-order valence-electron chi connectivity index (χ3n) is 6.16. The highest BCUT2D eigenvalue weighted by molar-refractivity contribution is 6.08. The third kappa shape index (κ3) is 3.79. The molecule has 4 rings (SSSR count). The molecule has 1 aromatic carbocycles. The molecule has 1 saturated heterocycles. The molecule has 3 fully saturated rings.